The van der Waals surface area contributed by atoms with Crippen LogP contribution in [0.3, 0.4) is 0 Å². The van der Waals surface area contributed by atoms with Crippen molar-refractivity contribution in [3.8, 4) is 0 Å². The van der Waals surface area contributed by atoms with E-state index in [-0.39, 0.29) is 23.1 Å². The van der Waals surface area contributed by atoms with Gasteiger partial charge in [-0.25, -0.2) is 9.78 Å². The van der Waals surface area contributed by atoms with Gasteiger partial charge in [0.25, 0.3) is 0 Å². The van der Waals surface area contributed by atoms with E-state index in [4.69, 9.17) is 5.11 Å². The average Bonchev–Trinajstić information content (AvgIpc) is 2.72. The summed E-state index contributed by atoms with van der Waals surface area (Å²) in [5, 5.41) is 18.7. The van der Waals surface area contributed by atoms with Gasteiger partial charge < -0.3 is 14.8 Å². The molecule has 1 heterocycles. The molecule has 3 rings (SSSR count). The molecule has 5 heteroatoms. The van der Waals surface area contributed by atoms with E-state index in [2.05, 4.69) is 30.3 Å². The van der Waals surface area contributed by atoms with Crippen LogP contribution in [0.5, 0.6) is 0 Å². The van der Waals surface area contributed by atoms with Crippen LogP contribution >= 0.6 is 0 Å². The van der Waals surface area contributed by atoms with Crippen molar-refractivity contribution in [1.82, 2.24) is 9.55 Å². The molecule has 0 unspecified atom stereocenters. The van der Waals surface area contributed by atoms with Crippen molar-refractivity contribution in [2.75, 3.05) is 0 Å². The third kappa shape index (κ3) is 2.31. The second-order valence-electron chi connectivity index (χ2n) is 6.84. The van der Waals surface area contributed by atoms with E-state index >= 15 is 0 Å². The number of carbonyl (C=O) groups is 1. The summed E-state index contributed by atoms with van der Waals surface area (Å²) in [5.41, 5.74) is 1.77. The molecular weight excluding hydrogens is 268 g/mol. The van der Waals surface area contributed by atoms with Crippen LogP contribution in [0.1, 0.15) is 55.8 Å². The fraction of sp³-hybridized carbons (Fsp3) is 0.500. The van der Waals surface area contributed by atoms with Crippen LogP contribution in [0.25, 0.3) is 11.0 Å². The number of imidazole rings is 1. The number of fused-ring (bicyclic) bond motifs is 1. The topological polar surface area (TPSA) is 75.3 Å². The molecule has 0 saturated heterocycles. The Morgan fingerprint density at radius 1 is 1.33 bits per heavy atom. The van der Waals surface area contributed by atoms with Crippen molar-refractivity contribution in [2.24, 2.45) is 0 Å². The number of aromatic carboxylic acids is 1. The number of hydrogen-bond donors (Lipinski definition) is 2. The predicted octanol–water partition coefficient (Wildman–Crippen LogP) is 2.73. The molecule has 112 valence electrons. The lowest BCUT2D eigenvalue weighted by Crippen LogP contribution is -2.33. The van der Waals surface area contributed by atoms with E-state index in [1.807, 2.05) is 6.07 Å². The normalized spacial score (nSPS) is 22.3. The van der Waals surface area contributed by atoms with Gasteiger partial charge in [0.1, 0.15) is 5.82 Å². The van der Waals surface area contributed by atoms with Crippen molar-refractivity contribution in [3.05, 3.63) is 29.6 Å². The lowest BCUT2D eigenvalue weighted by Gasteiger charge is -2.36. The smallest absolute Gasteiger partial charge is 0.335 e. The van der Waals surface area contributed by atoms with Crippen LogP contribution in [-0.4, -0.2) is 31.8 Å². The summed E-state index contributed by atoms with van der Waals surface area (Å²) in [6.07, 6.45) is 1.23. The molecule has 0 spiro atoms. The molecule has 0 amide bonds. The summed E-state index contributed by atoms with van der Waals surface area (Å²) in [6, 6.07) is 5.31. The Bertz CT molecular complexity index is 706. The van der Waals surface area contributed by atoms with Gasteiger partial charge in [0, 0.05) is 11.5 Å². The molecule has 1 aliphatic carbocycles. The number of benzene rings is 1. The van der Waals surface area contributed by atoms with Gasteiger partial charge in [-0.05, 0) is 31.0 Å². The molecule has 2 N–H and O–H groups in total. The first-order valence-corrected chi connectivity index (χ1v) is 7.21. The number of aliphatic hydroxyl groups excluding tert-OH is 1. The lowest BCUT2D eigenvalue weighted by atomic mass is 9.87. The molecule has 1 aromatic carbocycles. The van der Waals surface area contributed by atoms with Gasteiger partial charge in [-0.1, -0.05) is 20.8 Å². The Morgan fingerprint density at radius 3 is 2.52 bits per heavy atom. The van der Waals surface area contributed by atoms with E-state index in [1.54, 1.807) is 12.1 Å². The van der Waals surface area contributed by atoms with E-state index in [0.717, 1.165) is 24.2 Å². The zero-order chi connectivity index (χ0) is 15.4. The second-order valence-corrected chi connectivity index (χ2v) is 6.84. The van der Waals surface area contributed by atoms with Gasteiger partial charge in [0.2, 0.25) is 0 Å². The van der Waals surface area contributed by atoms with E-state index in [0.29, 0.717) is 5.52 Å². The SMILES string of the molecule is CC(C)(C)c1nc2cc(C(=O)O)ccc2n1C1CC(O)C1. The number of carboxylic acid groups (broad SMARTS) is 1. The summed E-state index contributed by atoms with van der Waals surface area (Å²) in [6.45, 7) is 6.29. The van der Waals surface area contributed by atoms with E-state index < -0.39 is 5.97 Å². The highest BCUT2D eigenvalue weighted by atomic mass is 16.4. The maximum absolute atomic E-state index is 11.1. The minimum atomic E-state index is -0.942. The molecule has 1 aromatic heterocycles. The second kappa shape index (κ2) is 4.56. The number of aliphatic hydroxyl groups is 1. The molecule has 0 bridgehead atoms. The number of rotatable bonds is 2. The molecule has 0 radical (unpaired) electrons. The zero-order valence-corrected chi connectivity index (χ0v) is 12.5. The minimum Gasteiger partial charge on any atom is -0.478 e. The Kier molecular flexibility index (Phi) is 3.06. The van der Waals surface area contributed by atoms with Gasteiger partial charge >= 0.3 is 5.97 Å². The van der Waals surface area contributed by atoms with Crippen molar-refractivity contribution in [2.45, 2.75) is 51.2 Å². The van der Waals surface area contributed by atoms with E-state index in [9.17, 15) is 9.90 Å². The van der Waals surface area contributed by atoms with Crippen LogP contribution < -0.4 is 0 Å². The van der Waals surface area contributed by atoms with Gasteiger partial charge in [-0.3, -0.25) is 0 Å². The minimum absolute atomic E-state index is 0.136. The first kappa shape index (κ1) is 14.1. The quantitative estimate of drug-likeness (QED) is 0.891. The highest BCUT2D eigenvalue weighted by molar-refractivity contribution is 5.92. The molecule has 1 saturated carbocycles. The third-order valence-electron chi connectivity index (χ3n) is 4.06. The molecule has 0 atom stereocenters. The highest BCUT2D eigenvalue weighted by Gasteiger charge is 2.34. The Hall–Kier alpha value is -1.88. The Balaban J connectivity index is 2.19. The van der Waals surface area contributed by atoms with Gasteiger partial charge in [0.05, 0.1) is 22.7 Å². The molecule has 2 aromatic rings. The highest BCUT2D eigenvalue weighted by Crippen LogP contribution is 2.39. The van der Waals surface area contributed by atoms with E-state index in [1.165, 1.54) is 0 Å². The fourth-order valence-corrected chi connectivity index (χ4v) is 2.90. The first-order valence-electron chi connectivity index (χ1n) is 7.21. The third-order valence-corrected chi connectivity index (χ3v) is 4.06. The van der Waals surface area contributed by atoms with Crippen molar-refractivity contribution in [3.63, 3.8) is 0 Å². The van der Waals surface area contributed by atoms with Crippen LogP contribution in [0.2, 0.25) is 0 Å². The Morgan fingerprint density at radius 2 is 2.00 bits per heavy atom. The van der Waals surface area contributed by atoms with Crippen molar-refractivity contribution < 1.29 is 15.0 Å². The number of hydrogen-bond acceptors (Lipinski definition) is 3. The van der Waals surface area contributed by atoms with Crippen LogP contribution in [0.15, 0.2) is 18.2 Å². The maximum atomic E-state index is 11.1. The first-order chi connectivity index (χ1) is 9.77. The van der Waals surface area contributed by atoms with Crippen LogP contribution in [-0.2, 0) is 5.41 Å². The summed E-state index contributed by atoms with van der Waals surface area (Å²) in [7, 11) is 0. The molecular formula is C16H20N2O3. The van der Waals surface area contributed by atoms with Crippen LogP contribution in [0.4, 0.5) is 0 Å². The number of carboxylic acids is 1. The predicted molar refractivity (Wildman–Crippen MR) is 79.7 cm³/mol. The molecule has 1 fully saturated rings. The monoisotopic (exact) mass is 288 g/mol. The zero-order valence-electron chi connectivity index (χ0n) is 12.5. The standard InChI is InChI=1S/C16H20N2O3/c1-16(2,3)15-17-12-6-9(14(20)21)4-5-13(12)18(15)10-7-11(19)8-10/h4-6,10-11,19H,7-8H2,1-3H3,(H,20,21). The van der Waals surface area contributed by atoms with Gasteiger partial charge in [-0.15, -0.1) is 0 Å². The summed E-state index contributed by atoms with van der Waals surface area (Å²) >= 11 is 0. The summed E-state index contributed by atoms with van der Waals surface area (Å²) in [5.74, 6) is -0.000219. The van der Waals surface area contributed by atoms with Crippen molar-refractivity contribution >= 4 is 17.0 Å². The largest absolute Gasteiger partial charge is 0.478 e. The average molecular weight is 288 g/mol. The van der Waals surface area contributed by atoms with Gasteiger partial charge in [0.15, 0.2) is 0 Å². The number of nitrogens with zero attached hydrogens (tertiary/aromatic N) is 2. The number of aromatic nitrogens is 2. The lowest BCUT2D eigenvalue weighted by molar-refractivity contribution is 0.0479. The molecule has 0 aliphatic heterocycles. The van der Waals surface area contributed by atoms with Gasteiger partial charge in [-0.2, -0.15) is 0 Å². The Labute approximate surface area is 123 Å². The molecule has 1 aliphatic rings. The molecule has 5 nitrogen and oxygen atoms in total. The summed E-state index contributed by atoms with van der Waals surface area (Å²) < 4.78 is 2.17. The van der Waals surface area contributed by atoms with Crippen molar-refractivity contribution in [1.29, 1.82) is 0 Å². The fourth-order valence-electron chi connectivity index (χ4n) is 2.90. The van der Waals surface area contributed by atoms with Crippen LogP contribution in [0, 0.1) is 0 Å². The molecule has 21 heavy (non-hydrogen) atoms. The maximum Gasteiger partial charge on any atom is 0.335 e. The summed E-state index contributed by atoms with van der Waals surface area (Å²) in [4.78, 5) is 15.8.